The smallest absolute Gasteiger partial charge is 0.0800 e. The predicted octanol–water partition coefficient (Wildman–Crippen LogP) is 6.62. The van der Waals surface area contributed by atoms with E-state index in [2.05, 4.69) is 0 Å². The fourth-order valence-electron chi connectivity index (χ4n) is 1.41. The highest BCUT2D eigenvalue weighted by Gasteiger charge is 2.14. The van der Waals surface area contributed by atoms with Gasteiger partial charge in [0.2, 0.25) is 0 Å². The average molecular weight is 326 g/mol. The minimum absolute atomic E-state index is 0.255. The lowest BCUT2D eigenvalue weighted by Gasteiger charge is -2.09. The van der Waals surface area contributed by atoms with Crippen LogP contribution in [0.15, 0.2) is 30.3 Å². The normalized spacial score (nSPS) is 10.6. The molecule has 0 aliphatic rings. The van der Waals surface area contributed by atoms with Gasteiger partial charge in [-0.3, -0.25) is 0 Å². The van der Waals surface area contributed by atoms with E-state index in [1.807, 2.05) is 12.1 Å². The maximum Gasteiger partial charge on any atom is 0.0800 e. The van der Waals surface area contributed by atoms with E-state index < -0.39 is 0 Å². The first-order valence-electron chi connectivity index (χ1n) is 4.59. The van der Waals surface area contributed by atoms with Crippen molar-refractivity contribution in [3.63, 3.8) is 0 Å². The summed E-state index contributed by atoms with van der Waals surface area (Å²) in [7, 11) is 0. The molecule has 2 aromatic carbocycles. The van der Waals surface area contributed by atoms with Gasteiger partial charge in [0, 0.05) is 10.6 Å². The monoisotopic (exact) mass is 324 g/mol. The molecule has 0 saturated carbocycles. The Morgan fingerprint density at radius 1 is 0.647 bits per heavy atom. The Labute approximate surface area is 124 Å². The molecule has 0 aromatic heterocycles. The van der Waals surface area contributed by atoms with Crippen LogP contribution in [0.3, 0.4) is 0 Å². The van der Waals surface area contributed by atoms with Crippen LogP contribution in [0.1, 0.15) is 0 Å². The zero-order chi connectivity index (χ0) is 12.6. The summed E-state index contributed by atoms with van der Waals surface area (Å²) >= 11 is 29.8. The molecule has 0 bridgehead atoms. The lowest BCUT2D eigenvalue weighted by Crippen LogP contribution is -1.83. The topological polar surface area (TPSA) is 0 Å². The number of halogens is 5. The summed E-state index contributed by atoms with van der Waals surface area (Å²) in [5.74, 6) is 0. The standard InChI is InChI=1S/C12H5Cl5/c13-7-3-1-6(2-4-7)8-5-9(14)11(16)12(17)10(8)15/h1-5H. The zero-order valence-corrected chi connectivity index (χ0v) is 12.1. The highest BCUT2D eigenvalue weighted by molar-refractivity contribution is 6.52. The molecule has 0 radical (unpaired) electrons. The number of hydrogen-bond acceptors (Lipinski definition) is 0. The van der Waals surface area contributed by atoms with Crippen LogP contribution in [0.25, 0.3) is 11.1 Å². The molecule has 0 saturated heterocycles. The van der Waals surface area contributed by atoms with Crippen molar-refractivity contribution in [1.82, 2.24) is 0 Å². The van der Waals surface area contributed by atoms with Gasteiger partial charge in [-0.25, -0.2) is 0 Å². The zero-order valence-electron chi connectivity index (χ0n) is 8.28. The second-order valence-corrected chi connectivity index (χ2v) is 5.33. The van der Waals surface area contributed by atoms with Gasteiger partial charge < -0.3 is 0 Å². The Hall–Kier alpha value is -0.110. The molecule has 2 rings (SSSR count). The Kier molecular flexibility index (Phi) is 4.12. The van der Waals surface area contributed by atoms with E-state index in [1.54, 1.807) is 18.2 Å². The van der Waals surface area contributed by atoms with Crippen molar-refractivity contribution in [3.8, 4) is 11.1 Å². The number of hydrogen-bond donors (Lipinski definition) is 0. The first-order valence-corrected chi connectivity index (χ1v) is 6.48. The number of rotatable bonds is 1. The van der Waals surface area contributed by atoms with E-state index in [4.69, 9.17) is 58.0 Å². The van der Waals surface area contributed by atoms with Gasteiger partial charge in [-0.2, -0.15) is 0 Å². The van der Waals surface area contributed by atoms with Crippen molar-refractivity contribution < 1.29 is 0 Å². The Balaban J connectivity index is 2.64. The fourth-order valence-corrected chi connectivity index (χ4v) is 2.45. The molecule has 0 fully saturated rings. The molecule has 0 aliphatic carbocycles. The molecule has 2 aromatic rings. The van der Waals surface area contributed by atoms with Crippen LogP contribution >= 0.6 is 58.0 Å². The summed E-state index contributed by atoms with van der Waals surface area (Å²) in [6.45, 7) is 0. The largest absolute Gasteiger partial charge is 0.0843 e. The second-order valence-electron chi connectivity index (χ2n) is 3.35. The molecule has 0 heterocycles. The summed E-state index contributed by atoms with van der Waals surface area (Å²) in [5.41, 5.74) is 1.60. The SMILES string of the molecule is Clc1ccc(-c2cc(Cl)c(Cl)c(Cl)c2Cl)cc1. The summed E-state index contributed by atoms with van der Waals surface area (Å²) in [4.78, 5) is 0. The van der Waals surface area contributed by atoms with E-state index in [-0.39, 0.29) is 10.0 Å². The van der Waals surface area contributed by atoms with Crippen LogP contribution in [0, 0.1) is 0 Å². The van der Waals surface area contributed by atoms with Gasteiger partial charge in [0.05, 0.1) is 20.1 Å². The first-order chi connectivity index (χ1) is 8.00. The van der Waals surface area contributed by atoms with Crippen molar-refractivity contribution >= 4 is 58.0 Å². The molecule has 0 unspecified atom stereocenters. The Morgan fingerprint density at radius 3 is 1.82 bits per heavy atom. The second kappa shape index (κ2) is 5.26. The van der Waals surface area contributed by atoms with Crippen LogP contribution in [0.4, 0.5) is 0 Å². The fraction of sp³-hybridized carbons (Fsp3) is 0. The van der Waals surface area contributed by atoms with Crippen LogP contribution in [0.2, 0.25) is 25.1 Å². The maximum absolute atomic E-state index is 6.14. The molecule has 17 heavy (non-hydrogen) atoms. The van der Waals surface area contributed by atoms with E-state index in [9.17, 15) is 0 Å². The van der Waals surface area contributed by atoms with Gasteiger partial charge in [-0.05, 0) is 23.8 Å². The van der Waals surface area contributed by atoms with Crippen molar-refractivity contribution in [2.75, 3.05) is 0 Å². The molecular formula is C12H5Cl5. The average Bonchev–Trinajstić information content (AvgIpc) is 2.32. The van der Waals surface area contributed by atoms with Crippen molar-refractivity contribution in [2.24, 2.45) is 0 Å². The molecule has 0 N–H and O–H groups in total. The third kappa shape index (κ3) is 2.67. The van der Waals surface area contributed by atoms with E-state index in [1.165, 1.54) is 0 Å². The van der Waals surface area contributed by atoms with Crippen molar-refractivity contribution in [1.29, 1.82) is 0 Å². The summed E-state index contributed by atoms with van der Waals surface area (Å²) in [6.07, 6.45) is 0. The predicted molar refractivity (Wildman–Crippen MR) is 76.9 cm³/mol. The molecule has 0 spiro atoms. The minimum Gasteiger partial charge on any atom is -0.0843 e. The third-order valence-electron chi connectivity index (χ3n) is 2.26. The third-order valence-corrected chi connectivity index (χ3v) is 4.26. The van der Waals surface area contributed by atoms with Crippen molar-refractivity contribution in [2.45, 2.75) is 0 Å². The van der Waals surface area contributed by atoms with Crippen LogP contribution in [-0.4, -0.2) is 0 Å². The summed E-state index contributed by atoms with van der Waals surface area (Å²) in [5, 5.41) is 1.91. The minimum atomic E-state index is 0.255. The van der Waals surface area contributed by atoms with E-state index in [0.717, 1.165) is 11.1 Å². The molecule has 0 amide bonds. The van der Waals surface area contributed by atoms with Crippen LogP contribution in [0.5, 0.6) is 0 Å². The summed E-state index contributed by atoms with van der Waals surface area (Å²) < 4.78 is 0. The van der Waals surface area contributed by atoms with Gasteiger partial charge in [0.15, 0.2) is 0 Å². The Bertz CT molecular complexity index is 560. The molecule has 0 aliphatic heterocycles. The van der Waals surface area contributed by atoms with Gasteiger partial charge in [-0.1, -0.05) is 70.1 Å². The quantitative estimate of drug-likeness (QED) is 0.408. The Morgan fingerprint density at radius 2 is 1.24 bits per heavy atom. The van der Waals surface area contributed by atoms with Gasteiger partial charge in [0.1, 0.15) is 0 Å². The number of benzene rings is 2. The first kappa shape index (κ1) is 13.3. The van der Waals surface area contributed by atoms with Gasteiger partial charge >= 0.3 is 0 Å². The van der Waals surface area contributed by atoms with E-state index >= 15 is 0 Å². The highest BCUT2D eigenvalue weighted by Crippen LogP contribution is 2.42. The summed E-state index contributed by atoms with van der Waals surface area (Å²) in [6, 6.07) is 8.89. The molecule has 0 atom stereocenters. The lowest BCUT2D eigenvalue weighted by molar-refractivity contribution is 1.61. The molecule has 0 nitrogen and oxygen atoms in total. The van der Waals surface area contributed by atoms with Gasteiger partial charge in [0.25, 0.3) is 0 Å². The van der Waals surface area contributed by atoms with E-state index in [0.29, 0.717) is 15.1 Å². The van der Waals surface area contributed by atoms with Crippen LogP contribution in [-0.2, 0) is 0 Å². The lowest BCUT2D eigenvalue weighted by atomic mass is 10.1. The maximum atomic E-state index is 6.14. The molecule has 88 valence electrons. The highest BCUT2D eigenvalue weighted by atomic mass is 35.5. The van der Waals surface area contributed by atoms with Crippen molar-refractivity contribution in [3.05, 3.63) is 55.4 Å². The van der Waals surface area contributed by atoms with Gasteiger partial charge in [-0.15, -0.1) is 0 Å². The molecular weight excluding hydrogens is 321 g/mol. The van der Waals surface area contributed by atoms with Crippen LogP contribution < -0.4 is 0 Å². The molecule has 5 heteroatoms.